The Morgan fingerprint density at radius 3 is 2.77 bits per heavy atom. The summed E-state index contributed by atoms with van der Waals surface area (Å²) in [7, 11) is 0. The first-order chi connectivity index (χ1) is 6.16. The van der Waals surface area contributed by atoms with Crippen LogP contribution >= 0.6 is 11.6 Å². The smallest absolute Gasteiger partial charge is 0.127 e. The van der Waals surface area contributed by atoms with Gasteiger partial charge in [-0.15, -0.1) is 0 Å². The van der Waals surface area contributed by atoms with Gasteiger partial charge in [-0.1, -0.05) is 17.7 Å². The van der Waals surface area contributed by atoms with Gasteiger partial charge >= 0.3 is 0 Å². The standard InChI is InChI=1S/C10H12ClFO/c1-7-4-5-9(12)8(10(7)11)3-2-6-13/h4-5,13H,2-3,6H2,1H3. The summed E-state index contributed by atoms with van der Waals surface area (Å²) in [5, 5.41) is 9.09. The molecular formula is C10H12ClFO. The molecule has 1 aromatic rings. The maximum absolute atomic E-state index is 13.2. The number of aliphatic hydroxyl groups excluding tert-OH is 1. The monoisotopic (exact) mass is 202 g/mol. The molecule has 0 saturated heterocycles. The minimum Gasteiger partial charge on any atom is -0.396 e. The Labute approximate surface area is 82.2 Å². The van der Waals surface area contributed by atoms with E-state index in [2.05, 4.69) is 0 Å². The summed E-state index contributed by atoms with van der Waals surface area (Å²) in [5.74, 6) is -0.288. The molecule has 0 amide bonds. The highest BCUT2D eigenvalue weighted by molar-refractivity contribution is 6.32. The van der Waals surface area contributed by atoms with E-state index >= 15 is 0 Å². The number of halogens is 2. The molecule has 0 atom stereocenters. The third kappa shape index (κ3) is 2.42. The van der Waals surface area contributed by atoms with Gasteiger partial charge in [-0.3, -0.25) is 0 Å². The molecule has 0 spiro atoms. The van der Waals surface area contributed by atoms with E-state index in [9.17, 15) is 4.39 Å². The summed E-state index contributed by atoms with van der Waals surface area (Å²) in [6, 6.07) is 3.06. The number of aliphatic hydroxyl groups is 1. The summed E-state index contributed by atoms with van der Waals surface area (Å²) in [6.45, 7) is 1.90. The highest BCUT2D eigenvalue weighted by Crippen LogP contribution is 2.24. The molecule has 0 heterocycles. The predicted molar refractivity (Wildman–Crippen MR) is 51.6 cm³/mol. The molecule has 0 radical (unpaired) electrons. The Kier molecular flexibility index (Phi) is 3.70. The van der Waals surface area contributed by atoms with Crippen molar-refractivity contribution in [2.24, 2.45) is 0 Å². The first-order valence-corrected chi connectivity index (χ1v) is 4.59. The molecule has 1 N–H and O–H groups in total. The molecule has 0 saturated carbocycles. The van der Waals surface area contributed by atoms with Crippen LogP contribution in [0.2, 0.25) is 5.02 Å². The van der Waals surface area contributed by atoms with Gasteiger partial charge in [-0.2, -0.15) is 0 Å². The summed E-state index contributed by atoms with van der Waals surface area (Å²) in [5.41, 5.74) is 1.38. The molecule has 1 rings (SSSR count). The van der Waals surface area contributed by atoms with Gasteiger partial charge in [0.25, 0.3) is 0 Å². The lowest BCUT2D eigenvalue weighted by atomic mass is 10.1. The van der Waals surface area contributed by atoms with E-state index < -0.39 is 0 Å². The van der Waals surface area contributed by atoms with E-state index in [0.717, 1.165) is 5.56 Å². The highest BCUT2D eigenvalue weighted by Gasteiger charge is 2.08. The van der Waals surface area contributed by atoms with Crippen LogP contribution in [0.3, 0.4) is 0 Å². The second kappa shape index (κ2) is 4.58. The number of aryl methyl sites for hydroxylation is 1. The number of benzene rings is 1. The Bertz CT molecular complexity index is 299. The molecule has 0 aliphatic heterocycles. The third-order valence-corrected chi connectivity index (χ3v) is 2.49. The molecule has 0 aliphatic carbocycles. The highest BCUT2D eigenvalue weighted by atomic mass is 35.5. The molecule has 0 fully saturated rings. The third-order valence-electron chi connectivity index (χ3n) is 1.96. The molecule has 1 aromatic carbocycles. The SMILES string of the molecule is Cc1ccc(F)c(CCCO)c1Cl. The molecule has 13 heavy (non-hydrogen) atoms. The van der Waals surface area contributed by atoms with Gasteiger partial charge in [-0.25, -0.2) is 4.39 Å². The van der Waals surface area contributed by atoms with Gasteiger partial charge in [-0.05, 0) is 31.4 Å². The van der Waals surface area contributed by atoms with Crippen molar-refractivity contribution in [1.29, 1.82) is 0 Å². The Hall–Kier alpha value is -0.600. The van der Waals surface area contributed by atoms with Crippen molar-refractivity contribution in [3.8, 4) is 0 Å². The number of rotatable bonds is 3. The van der Waals surface area contributed by atoms with E-state index in [4.69, 9.17) is 16.7 Å². The van der Waals surface area contributed by atoms with Gasteiger partial charge in [0.1, 0.15) is 5.82 Å². The molecule has 1 nitrogen and oxygen atoms in total. The normalized spacial score (nSPS) is 10.5. The summed E-state index contributed by atoms with van der Waals surface area (Å²) >= 11 is 5.91. The minimum atomic E-state index is -0.288. The van der Waals surface area contributed by atoms with Crippen LogP contribution in [0, 0.1) is 12.7 Å². The van der Waals surface area contributed by atoms with Crippen LogP contribution < -0.4 is 0 Å². The maximum atomic E-state index is 13.2. The minimum absolute atomic E-state index is 0.0592. The van der Waals surface area contributed by atoms with Crippen LogP contribution in [0.1, 0.15) is 17.5 Å². The van der Waals surface area contributed by atoms with Crippen LogP contribution in [0.5, 0.6) is 0 Å². The zero-order valence-corrected chi connectivity index (χ0v) is 8.24. The fourth-order valence-electron chi connectivity index (χ4n) is 1.20. The summed E-state index contributed by atoms with van der Waals surface area (Å²) in [6.07, 6.45) is 1.03. The van der Waals surface area contributed by atoms with Crippen LogP contribution in [0.15, 0.2) is 12.1 Å². The quantitative estimate of drug-likeness (QED) is 0.799. The topological polar surface area (TPSA) is 20.2 Å². The van der Waals surface area contributed by atoms with E-state index in [-0.39, 0.29) is 12.4 Å². The van der Waals surface area contributed by atoms with Crippen LogP contribution in [0.4, 0.5) is 4.39 Å². The second-order valence-electron chi connectivity index (χ2n) is 2.98. The predicted octanol–water partition coefficient (Wildman–Crippen LogP) is 2.71. The lowest BCUT2D eigenvalue weighted by Gasteiger charge is -2.06. The summed E-state index contributed by atoms with van der Waals surface area (Å²) in [4.78, 5) is 0. The Balaban J connectivity index is 2.96. The molecule has 0 unspecified atom stereocenters. The van der Waals surface area contributed by atoms with Crippen LogP contribution in [0.25, 0.3) is 0 Å². The number of hydrogen-bond acceptors (Lipinski definition) is 1. The van der Waals surface area contributed by atoms with E-state index in [1.54, 1.807) is 6.07 Å². The fourth-order valence-corrected chi connectivity index (χ4v) is 1.45. The lowest BCUT2D eigenvalue weighted by Crippen LogP contribution is -1.96. The zero-order chi connectivity index (χ0) is 9.84. The maximum Gasteiger partial charge on any atom is 0.127 e. The van der Waals surface area contributed by atoms with E-state index in [1.807, 2.05) is 6.92 Å². The van der Waals surface area contributed by atoms with Crippen molar-refractivity contribution >= 4 is 11.6 Å². The second-order valence-corrected chi connectivity index (χ2v) is 3.36. The van der Waals surface area contributed by atoms with Gasteiger partial charge in [0.05, 0.1) is 0 Å². The molecular weight excluding hydrogens is 191 g/mol. The Morgan fingerprint density at radius 1 is 1.46 bits per heavy atom. The van der Waals surface area contributed by atoms with Crippen molar-refractivity contribution in [1.82, 2.24) is 0 Å². The molecule has 3 heteroatoms. The Morgan fingerprint density at radius 2 is 2.15 bits per heavy atom. The first kappa shape index (κ1) is 10.5. The average molecular weight is 203 g/mol. The average Bonchev–Trinajstić information content (AvgIpc) is 2.12. The first-order valence-electron chi connectivity index (χ1n) is 4.21. The molecule has 0 aromatic heterocycles. The fraction of sp³-hybridized carbons (Fsp3) is 0.400. The largest absolute Gasteiger partial charge is 0.396 e. The van der Waals surface area contributed by atoms with Gasteiger partial charge in [0.2, 0.25) is 0 Å². The van der Waals surface area contributed by atoms with Crippen LogP contribution in [-0.4, -0.2) is 11.7 Å². The molecule has 0 aliphatic rings. The zero-order valence-electron chi connectivity index (χ0n) is 7.48. The molecule has 72 valence electrons. The van der Waals surface area contributed by atoms with Gasteiger partial charge < -0.3 is 5.11 Å². The van der Waals surface area contributed by atoms with Crippen LogP contribution in [-0.2, 0) is 6.42 Å². The van der Waals surface area contributed by atoms with Crippen molar-refractivity contribution in [2.45, 2.75) is 19.8 Å². The van der Waals surface area contributed by atoms with Crippen molar-refractivity contribution in [3.05, 3.63) is 34.1 Å². The number of hydrogen-bond donors (Lipinski definition) is 1. The van der Waals surface area contributed by atoms with E-state index in [0.29, 0.717) is 23.4 Å². The van der Waals surface area contributed by atoms with Gasteiger partial charge in [0, 0.05) is 17.2 Å². The van der Waals surface area contributed by atoms with Crippen molar-refractivity contribution < 1.29 is 9.50 Å². The van der Waals surface area contributed by atoms with Crippen molar-refractivity contribution in [2.75, 3.05) is 6.61 Å². The van der Waals surface area contributed by atoms with Gasteiger partial charge in [0.15, 0.2) is 0 Å². The van der Waals surface area contributed by atoms with E-state index in [1.165, 1.54) is 6.07 Å². The lowest BCUT2D eigenvalue weighted by molar-refractivity contribution is 0.288. The molecule has 0 bridgehead atoms. The summed E-state index contributed by atoms with van der Waals surface area (Å²) < 4.78 is 13.2. The van der Waals surface area contributed by atoms with Crippen molar-refractivity contribution in [3.63, 3.8) is 0 Å².